The molecule has 20 heavy (non-hydrogen) atoms. The molecule has 0 aliphatic carbocycles. The second-order valence-electron chi connectivity index (χ2n) is 5.27. The van der Waals surface area contributed by atoms with E-state index in [0.717, 1.165) is 44.2 Å². The molecule has 1 N–H and O–H groups in total. The quantitative estimate of drug-likeness (QED) is 0.831. The number of anilines is 1. The Morgan fingerprint density at radius 3 is 2.70 bits per heavy atom. The number of hydrazine groups is 1. The molecule has 0 atom stereocenters. The lowest BCUT2D eigenvalue weighted by Gasteiger charge is -2.36. The summed E-state index contributed by atoms with van der Waals surface area (Å²) in [5.41, 5.74) is 4.72. The smallest absolute Gasteiger partial charge is 0.231 e. The van der Waals surface area contributed by atoms with Crippen LogP contribution in [0.15, 0.2) is 18.2 Å². The normalized spacial score (nSPS) is 18.6. The molecular weight excluding hydrogens is 254 g/mol. The maximum absolute atomic E-state index is 5.44. The Hall–Kier alpha value is -1.46. The minimum atomic E-state index is 0.341. The minimum Gasteiger partial charge on any atom is -0.454 e. The molecule has 1 aromatic carbocycles. The van der Waals surface area contributed by atoms with Gasteiger partial charge < -0.3 is 14.4 Å². The first-order valence-electron chi connectivity index (χ1n) is 7.50. The summed E-state index contributed by atoms with van der Waals surface area (Å²) in [6, 6.07) is 6.21. The number of piperazine rings is 1. The van der Waals surface area contributed by atoms with Crippen molar-refractivity contribution in [2.45, 2.75) is 19.8 Å². The average Bonchev–Trinajstić information content (AvgIpc) is 2.96. The van der Waals surface area contributed by atoms with Crippen molar-refractivity contribution in [3.05, 3.63) is 18.2 Å². The third-order valence-corrected chi connectivity index (χ3v) is 3.87. The van der Waals surface area contributed by atoms with E-state index >= 15 is 0 Å². The van der Waals surface area contributed by atoms with Crippen molar-refractivity contribution in [3.63, 3.8) is 0 Å². The maximum atomic E-state index is 5.44. The second-order valence-corrected chi connectivity index (χ2v) is 5.27. The van der Waals surface area contributed by atoms with Crippen LogP contribution >= 0.6 is 0 Å². The van der Waals surface area contributed by atoms with Gasteiger partial charge in [0, 0.05) is 44.5 Å². The molecule has 1 fully saturated rings. The lowest BCUT2D eigenvalue weighted by molar-refractivity contribution is 0.173. The van der Waals surface area contributed by atoms with Crippen molar-refractivity contribution in [2.75, 3.05) is 44.4 Å². The van der Waals surface area contributed by atoms with Crippen molar-refractivity contribution < 1.29 is 9.47 Å². The van der Waals surface area contributed by atoms with Crippen LogP contribution in [-0.2, 0) is 0 Å². The van der Waals surface area contributed by atoms with Crippen LogP contribution in [0.25, 0.3) is 0 Å². The molecule has 1 saturated heterocycles. The Morgan fingerprint density at radius 2 is 1.90 bits per heavy atom. The van der Waals surface area contributed by atoms with Crippen molar-refractivity contribution in [3.8, 4) is 11.5 Å². The van der Waals surface area contributed by atoms with Crippen molar-refractivity contribution in [1.82, 2.24) is 10.4 Å². The summed E-state index contributed by atoms with van der Waals surface area (Å²) in [4.78, 5) is 2.40. The summed E-state index contributed by atoms with van der Waals surface area (Å²) in [5.74, 6) is 1.72. The lowest BCUT2D eigenvalue weighted by atomic mass is 10.2. The number of hydrogen-bond donors (Lipinski definition) is 1. The van der Waals surface area contributed by atoms with Crippen LogP contribution in [0.5, 0.6) is 11.5 Å². The summed E-state index contributed by atoms with van der Waals surface area (Å²) >= 11 is 0. The van der Waals surface area contributed by atoms with Gasteiger partial charge in [-0.3, -0.25) is 5.43 Å². The number of nitrogens with one attached hydrogen (secondary N) is 1. The molecule has 110 valence electrons. The van der Waals surface area contributed by atoms with E-state index in [0.29, 0.717) is 6.79 Å². The van der Waals surface area contributed by atoms with E-state index in [9.17, 15) is 0 Å². The first-order valence-corrected chi connectivity index (χ1v) is 7.50. The van der Waals surface area contributed by atoms with Gasteiger partial charge in [0.15, 0.2) is 11.5 Å². The summed E-state index contributed by atoms with van der Waals surface area (Å²) in [6.07, 6.45) is 2.48. The molecule has 5 heteroatoms. The number of hydrogen-bond acceptors (Lipinski definition) is 5. The van der Waals surface area contributed by atoms with E-state index in [2.05, 4.69) is 34.4 Å². The predicted molar refractivity (Wildman–Crippen MR) is 79.3 cm³/mol. The Bertz CT molecular complexity index is 445. The number of nitrogens with zero attached hydrogens (tertiary/aromatic N) is 2. The van der Waals surface area contributed by atoms with Gasteiger partial charge in [0.05, 0.1) is 0 Å². The van der Waals surface area contributed by atoms with Crippen LogP contribution in [0.1, 0.15) is 19.8 Å². The topological polar surface area (TPSA) is 37.0 Å². The Kier molecular flexibility index (Phi) is 4.28. The standard InChI is InChI=1S/C15H23N3O2/c1-2-3-6-16-18-9-7-17(8-10-18)13-4-5-14-15(11-13)20-12-19-14/h4-5,11,16H,2-3,6-10,12H2,1H3. The highest BCUT2D eigenvalue weighted by molar-refractivity contribution is 5.57. The summed E-state index contributed by atoms with van der Waals surface area (Å²) < 4.78 is 10.8. The summed E-state index contributed by atoms with van der Waals surface area (Å²) in [5, 5.41) is 2.33. The highest BCUT2D eigenvalue weighted by Crippen LogP contribution is 2.35. The number of benzene rings is 1. The molecule has 2 aliphatic rings. The highest BCUT2D eigenvalue weighted by Gasteiger charge is 2.19. The van der Waals surface area contributed by atoms with E-state index in [1.807, 2.05) is 6.07 Å². The van der Waals surface area contributed by atoms with E-state index in [4.69, 9.17) is 9.47 Å². The minimum absolute atomic E-state index is 0.341. The van der Waals surface area contributed by atoms with Crippen molar-refractivity contribution in [2.24, 2.45) is 0 Å². The fraction of sp³-hybridized carbons (Fsp3) is 0.600. The average molecular weight is 277 g/mol. The van der Waals surface area contributed by atoms with Gasteiger partial charge in [-0.2, -0.15) is 0 Å². The van der Waals surface area contributed by atoms with Gasteiger partial charge in [0.2, 0.25) is 6.79 Å². The maximum Gasteiger partial charge on any atom is 0.231 e. The lowest BCUT2D eigenvalue weighted by Crippen LogP contribution is -2.52. The van der Waals surface area contributed by atoms with Gasteiger partial charge in [-0.1, -0.05) is 13.3 Å². The molecule has 0 saturated carbocycles. The summed E-state index contributed by atoms with van der Waals surface area (Å²) in [6.45, 7) is 7.83. The van der Waals surface area contributed by atoms with Crippen molar-refractivity contribution >= 4 is 5.69 Å². The van der Waals surface area contributed by atoms with Gasteiger partial charge in [0.1, 0.15) is 0 Å². The molecule has 5 nitrogen and oxygen atoms in total. The molecule has 3 rings (SSSR count). The Labute approximate surface area is 120 Å². The van der Waals surface area contributed by atoms with Crippen molar-refractivity contribution in [1.29, 1.82) is 0 Å². The first-order chi connectivity index (χ1) is 9.86. The largest absolute Gasteiger partial charge is 0.454 e. The third-order valence-electron chi connectivity index (χ3n) is 3.87. The molecule has 0 unspecified atom stereocenters. The van der Waals surface area contributed by atoms with Crippen LogP contribution in [0.2, 0.25) is 0 Å². The Morgan fingerprint density at radius 1 is 1.10 bits per heavy atom. The summed E-state index contributed by atoms with van der Waals surface area (Å²) in [7, 11) is 0. The van der Waals surface area contributed by atoms with Crippen LogP contribution in [0, 0.1) is 0 Å². The number of rotatable bonds is 5. The molecule has 1 aromatic rings. The van der Waals surface area contributed by atoms with E-state index < -0.39 is 0 Å². The fourth-order valence-electron chi connectivity index (χ4n) is 2.62. The number of fused-ring (bicyclic) bond motifs is 1. The molecule has 0 spiro atoms. The van der Waals surface area contributed by atoms with Gasteiger partial charge in [-0.15, -0.1) is 0 Å². The van der Waals surface area contributed by atoms with Crippen LogP contribution in [-0.4, -0.2) is 44.5 Å². The highest BCUT2D eigenvalue weighted by atomic mass is 16.7. The Balaban J connectivity index is 1.53. The number of unbranched alkanes of at least 4 members (excludes halogenated alkanes) is 1. The van der Waals surface area contributed by atoms with Gasteiger partial charge in [-0.25, -0.2) is 5.01 Å². The molecule has 2 heterocycles. The first kappa shape index (κ1) is 13.5. The van der Waals surface area contributed by atoms with Crippen LogP contribution in [0.3, 0.4) is 0 Å². The van der Waals surface area contributed by atoms with Gasteiger partial charge >= 0.3 is 0 Å². The molecule has 2 aliphatic heterocycles. The third kappa shape index (κ3) is 2.99. The predicted octanol–water partition coefficient (Wildman–Crippen LogP) is 1.84. The molecule has 0 amide bonds. The zero-order chi connectivity index (χ0) is 13.8. The molecular formula is C15H23N3O2. The van der Waals surface area contributed by atoms with Crippen LogP contribution < -0.4 is 19.8 Å². The van der Waals surface area contributed by atoms with E-state index in [1.165, 1.54) is 18.5 Å². The van der Waals surface area contributed by atoms with Gasteiger partial charge in [-0.05, 0) is 18.6 Å². The molecule has 0 bridgehead atoms. The zero-order valence-electron chi connectivity index (χ0n) is 12.1. The van der Waals surface area contributed by atoms with E-state index in [1.54, 1.807) is 0 Å². The molecule has 0 radical (unpaired) electrons. The fourth-order valence-corrected chi connectivity index (χ4v) is 2.62. The number of ether oxygens (including phenoxy) is 2. The van der Waals surface area contributed by atoms with Crippen LogP contribution in [0.4, 0.5) is 5.69 Å². The van der Waals surface area contributed by atoms with Gasteiger partial charge in [0.25, 0.3) is 0 Å². The second kappa shape index (κ2) is 6.33. The molecule has 0 aromatic heterocycles. The van der Waals surface area contributed by atoms with E-state index in [-0.39, 0.29) is 0 Å². The zero-order valence-corrected chi connectivity index (χ0v) is 12.1. The monoisotopic (exact) mass is 277 g/mol. The SMILES string of the molecule is CCCCNN1CCN(c2ccc3c(c2)OCO3)CC1.